The van der Waals surface area contributed by atoms with Gasteiger partial charge in [0.15, 0.2) is 0 Å². The van der Waals surface area contributed by atoms with Crippen molar-refractivity contribution in [2.75, 3.05) is 13.7 Å². The number of ether oxygens (including phenoxy) is 1. The van der Waals surface area contributed by atoms with Crippen LogP contribution in [0.25, 0.3) is 0 Å². The van der Waals surface area contributed by atoms with E-state index in [-0.39, 0.29) is 11.5 Å². The fourth-order valence-corrected chi connectivity index (χ4v) is 2.65. The van der Waals surface area contributed by atoms with Crippen LogP contribution >= 0.6 is 0 Å². The van der Waals surface area contributed by atoms with Crippen molar-refractivity contribution in [3.63, 3.8) is 0 Å². The molecule has 0 N–H and O–H groups in total. The maximum atomic E-state index is 12.8. The summed E-state index contributed by atoms with van der Waals surface area (Å²) in [5.41, 5.74) is 0.878. The molecule has 1 heterocycles. The molecule has 0 fully saturated rings. The molecule has 0 amide bonds. The number of hydrogen-bond acceptors (Lipinski definition) is 3. The first kappa shape index (κ1) is 16.2. The van der Waals surface area contributed by atoms with E-state index in [4.69, 9.17) is 4.74 Å². The quantitative estimate of drug-likeness (QED) is 0.798. The number of alkyl halides is 3. The number of benzene rings is 2. The lowest BCUT2D eigenvalue weighted by molar-refractivity contribution is -0.137. The summed E-state index contributed by atoms with van der Waals surface area (Å²) in [6.07, 6.45) is -4.01. The highest BCUT2D eigenvalue weighted by molar-refractivity contribution is 6.51. The normalized spacial score (nSPS) is 13.9. The standard InChI is InChI=1S/C18H14F3NO2/c1-24-14-5-2-11(3-6-14)17(23)16-15-7-4-13(18(19,20)21)10-12(15)8-9-22-16/h2-7,10H,8-9H2,1H3. The van der Waals surface area contributed by atoms with Crippen LogP contribution in [0, 0.1) is 0 Å². The maximum absolute atomic E-state index is 12.8. The van der Waals surface area contributed by atoms with Crippen LogP contribution in [0.5, 0.6) is 5.75 Å². The highest BCUT2D eigenvalue weighted by Crippen LogP contribution is 2.32. The van der Waals surface area contributed by atoms with Gasteiger partial charge in [0, 0.05) is 17.7 Å². The summed E-state index contributed by atoms with van der Waals surface area (Å²) in [5.74, 6) is 0.311. The summed E-state index contributed by atoms with van der Waals surface area (Å²) < 4.78 is 43.6. The van der Waals surface area contributed by atoms with Crippen molar-refractivity contribution in [3.8, 4) is 5.75 Å². The molecule has 0 bridgehead atoms. The van der Waals surface area contributed by atoms with E-state index in [2.05, 4.69) is 4.99 Å². The Bertz CT molecular complexity index is 808. The Morgan fingerprint density at radius 3 is 2.46 bits per heavy atom. The lowest BCUT2D eigenvalue weighted by Gasteiger charge is -2.18. The molecule has 1 aliphatic rings. The van der Waals surface area contributed by atoms with Crippen LogP contribution in [-0.2, 0) is 12.6 Å². The second-order valence-corrected chi connectivity index (χ2v) is 5.41. The molecular weight excluding hydrogens is 319 g/mol. The molecule has 0 unspecified atom stereocenters. The molecule has 3 rings (SSSR count). The molecule has 1 aliphatic heterocycles. The first-order valence-electron chi connectivity index (χ1n) is 7.34. The van der Waals surface area contributed by atoms with Gasteiger partial charge in [0.05, 0.1) is 12.7 Å². The van der Waals surface area contributed by atoms with Gasteiger partial charge in [-0.15, -0.1) is 0 Å². The molecule has 6 heteroatoms. The second-order valence-electron chi connectivity index (χ2n) is 5.41. The minimum Gasteiger partial charge on any atom is -0.497 e. The van der Waals surface area contributed by atoms with Gasteiger partial charge in [-0.2, -0.15) is 13.2 Å². The van der Waals surface area contributed by atoms with Crippen molar-refractivity contribution in [3.05, 3.63) is 64.7 Å². The van der Waals surface area contributed by atoms with Gasteiger partial charge in [0.25, 0.3) is 0 Å². The average molecular weight is 333 g/mol. The third-order valence-corrected chi connectivity index (χ3v) is 3.91. The van der Waals surface area contributed by atoms with E-state index in [9.17, 15) is 18.0 Å². The number of aliphatic imine (C=N–C) groups is 1. The van der Waals surface area contributed by atoms with Crippen LogP contribution in [-0.4, -0.2) is 25.1 Å². The lowest BCUT2D eigenvalue weighted by atomic mass is 9.91. The number of nitrogens with zero attached hydrogens (tertiary/aromatic N) is 1. The smallest absolute Gasteiger partial charge is 0.416 e. The molecule has 0 radical (unpaired) electrons. The summed E-state index contributed by atoms with van der Waals surface area (Å²) in [7, 11) is 1.52. The highest BCUT2D eigenvalue weighted by atomic mass is 19.4. The van der Waals surface area contributed by atoms with E-state index in [1.807, 2.05) is 0 Å². The van der Waals surface area contributed by atoms with E-state index in [0.717, 1.165) is 12.1 Å². The van der Waals surface area contributed by atoms with E-state index >= 15 is 0 Å². The fraction of sp³-hybridized carbons (Fsp3) is 0.222. The van der Waals surface area contributed by atoms with Gasteiger partial charge >= 0.3 is 6.18 Å². The maximum Gasteiger partial charge on any atom is 0.416 e. The summed E-state index contributed by atoms with van der Waals surface area (Å²) in [6.45, 7) is 0.297. The lowest BCUT2D eigenvalue weighted by Crippen LogP contribution is -2.22. The van der Waals surface area contributed by atoms with Gasteiger partial charge in [-0.3, -0.25) is 9.79 Å². The minimum atomic E-state index is -4.40. The first-order chi connectivity index (χ1) is 11.4. The Balaban J connectivity index is 1.96. The average Bonchev–Trinajstić information content (AvgIpc) is 2.59. The third-order valence-electron chi connectivity index (χ3n) is 3.91. The van der Waals surface area contributed by atoms with Crippen LogP contribution in [0.4, 0.5) is 13.2 Å². The molecule has 2 aromatic carbocycles. The third kappa shape index (κ3) is 3.04. The van der Waals surface area contributed by atoms with Crippen molar-refractivity contribution in [1.82, 2.24) is 0 Å². The number of methoxy groups -OCH3 is 1. The number of ketones is 1. The Labute approximate surface area is 136 Å². The Morgan fingerprint density at radius 1 is 1.12 bits per heavy atom. The molecule has 0 aliphatic carbocycles. The summed E-state index contributed by atoms with van der Waals surface area (Å²) in [4.78, 5) is 16.9. The fourth-order valence-electron chi connectivity index (χ4n) is 2.65. The SMILES string of the molecule is COc1ccc(C(=O)C2=NCCc3cc(C(F)(F)F)ccc32)cc1. The molecule has 0 saturated heterocycles. The Morgan fingerprint density at radius 2 is 1.83 bits per heavy atom. The van der Waals surface area contributed by atoms with E-state index in [1.165, 1.54) is 13.2 Å². The van der Waals surface area contributed by atoms with Crippen LogP contribution in [0.2, 0.25) is 0 Å². The molecular formula is C18H14F3NO2. The van der Waals surface area contributed by atoms with Gasteiger partial charge in [-0.25, -0.2) is 0 Å². The van der Waals surface area contributed by atoms with E-state index in [0.29, 0.717) is 35.4 Å². The monoisotopic (exact) mass is 333 g/mol. The molecule has 0 spiro atoms. The minimum absolute atomic E-state index is 0.204. The Kier molecular flexibility index (Phi) is 4.13. The predicted molar refractivity (Wildman–Crippen MR) is 83.9 cm³/mol. The molecule has 24 heavy (non-hydrogen) atoms. The zero-order valence-corrected chi connectivity index (χ0v) is 12.9. The van der Waals surface area contributed by atoms with Crippen molar-refractivity contribution in [2.45, 2.75) is 12.6 Å². The van der Waals surface area contributed by atoms with Gasteiger partial charge in [-0.05, 0) is 48.4 Å². The van der Waals surface area contributed by atoms with Crippen molar-refractivity contribution >= 4 is 11.5 Å². The largest absolute Gasteiger partial charge is 0.497 e. The molecule has 124 valence electrons. The molecule has 2 aromatic rings. The molecule has 0 aromatic heterocycles. The van der Waals surface area contributed by atoms with Gasteiger partial charge in [0.2, 0.25) is 5.78 Å². The van der Waals surface area contributed by atoms with E-state index in [1.54, 1.807) is 24.3 Å². The van der Waals surface area contributed by atoms with Gasteiger partial charge in [-0.1, -0.05) is 6.07 Å². The van der Waals surface area contributed by atoms with Crippen molar-refractivity contribution in [2.24, 2.45) is 4.99 Å². The predicted octanol–water partition coefficient (Wildman–Crippen LogP) is 3.94. The number of rotatable bonds is 3. The van der Waals surface area contributed by atoms with Crippen LogP contribution in [0.15, 0.2) is 47.5 Å². The van der Waals surface area contributed by atoms with Crippen LogP contribution < -0.4 is 4.74 Å². The molecule has 0 saturated carbocycles. The second kappa shape index (κ2) is 6.11. The Hall–Kier alpha value is -2.63. The summed E-state index contributed by atoms with van der Waals surface area (Å²) >= 11 is 0. The van der Waals surface area contributed by atoms with Crippen LogP contribution in [0.3, 0.4) is 0 Å². The molecule has 3 nitrogen and oxygen atoms in total. The number of fused-ring (bicyclic) bond motifs is 1. The zero-order valence-electron chi connectivity index (χ0n) is 12.9. The highest BCUT2D eigenvalue weighted by Gasteiger charge is 2.32. The van der Waals surface area contributed by atoms with Crippen molar-refractivity contribution in [1.29, 1.82) is 0 Å². The van der Waals surface area contributed by atoms with E-state index < -0.39 is 11.7 Å². The molecule has 0 atom stereocenters. The van der Waals surface area contributed by atoms with Crippen molar-refractivity contribution < 1.29 is 22.7 Å². The summed E-state index contributed by atoms with van der Waals surface area (Å²) in [5, 5.41) is 0. The van der Waals surface area contributed by atoms with Gasteiger partial charge in [0.1, 0.15) is 11.5 Å². The van der Waals surface area contributed by atoms with Crippen LogP contribution in [0.1, 0.15) is 27.0 Å². The topological polar surface area (TPSA) is 38.7 Å². The number of halogens is 3. The number of carbonyl (C=O) groups excluding carboxylic acids is 1. The number of hydrogen-bond donors (Lipinski definition) is 0. The number of Topliss-reactive ketones (excluding diaryl/α,β-unsaturated/α-hetero) is 1. The number of carbonyl (C=O) groups is 1. The summed E-state index contributed by atoms with van der Waals surface area (Å²) in [6, 6.07) is 9.96. The van der Waals surface area contributed by atoms with Gasteiger partial charge < -0.3 is 4.74 Å². The zero-order chi connectivity index (χ0) is 17.3. The first-order valence-corrected chi connectivity index (χ1v) is 7.34.